The molecule has 1 atom stereocenters. The Morgan fingerprint density at radius 2 is 2.16 bits per heavy atom. The summed E-state index contributed by atoms with van der Waals surface area (Å²) in [7, 11) is 2.98. The number of morpholine rings is 1. The number of anilines is 1. The highest BCUT2D eigenvalue weighted by molar-refractivity contribution is 5.82. The molecule has 1 saturated carbocycles. The van der Waals surface area contributed by atoms with Crippen molar-refractivity contribution in [1.29, 1.82) is 0 Å². The molecule has 3 rings (SSSR count). The van der Waals surface area contributed by atoms with Crippen molar-refractivity contribution in [3.8, 4) is 0 Å². The number of nitrogens with zero attached hydrogens (tertiary/aromatic N) is 3. The zero-order valence-corrected chi connectivity index (χ0v) is 18.9. The first-order valence-electron chi connectivity index (χ1n) is 11.1. The molecule has 2 heterocycles. The van der Waals surface area contributed by atoms with Gasteiger partial charge in [-0.1, -0.05) is 0 Å². The number of nitrogens with one attached hydrogen (secondary N) is 3. The van der Waals surface area contributed by atoms with Crippen molar-refractivity contribution >= 4 is 17.8 Å². The number of ether oxygens (including phenoxy) is 3. The quantitative estimate of drug-likeness (QED) is 0.385. The van der Waals surface area contributed by atoms with Gasteiger partial charge in [-0.05, 0) is 25.7 Å². The summed E-state index contributed by atoms with van der Waals surface area (Å²) in [6.07, 6.45) is 4.11. The first kappa shape index (κ1) is 24.1. The number of carbonyl (C=O) groups excluding carboxylic acids is 2. The van der Waals surface area contributed by atoms with E-state index in [1.807, 2.05) is 4.90 Å². The van der Waals surface area contributed by atoms with Crippen LogP contribution in [0, 0.1) is 0 Å². The second-order valence-electron chi connectivity index (χ2n) is 7.86. The number of rotatable bonds is 12. The van der Waals surface area contributed by atoms with Gasteiger partial charge in [-0.3, -0.25) is 9.78 Å². The van der Waals surface area contributed by atoms with E-state index in [-0.39, 0.29) is 11.9 Å². The van der Waals surface area contributed by atoms with Crippen LogP contribution in [-0.2, 0) is 32.0 Å². The summed E-state index contributed by atoms with van der Waals surface area (Å²) in [6.45, 7) is 3.87. The first-order valence-corrected chi connectivity index (χ1v) is 11.1. The van der Waals surface area contributed by atoms with Crippen molar-refractivity contribution in [2.75, 3.05) is 58.9 Å². The molecule has 1 aliphatic carbocycles. The van der Waals surface area contributed by atoms with Crippen molar-refractivity contribution in [3.63, 3.8) is 0 Å². The zero-order valence-electron chi connectivity index (χ0n) is 18.9. The number of aryl methyl sites for hydroxylation is 1. The minimum absolute atomic E-state index is 0.00706. The Labute approximate surface area is 188 Å². The minimum atomic E-state index is -0.457. The highest BCUT2D eigenvalue weighted by Gasteiger charge is 2.37. The summed E-state index contributed by atoms with van der Waals surface area (Å²) < 4.78 is 15.4. The molecule has 0 radical (unpaired) electrons. The highest BCUT2D eigenvalue weighted by Crippen LogP contribution is 2.29. The maximum absolute atomic E-state index is 13.0. The number of hydrogen-bond donors (Lipinski definition) is 3. The van der Waals surface area contributed by atoms with Gasteiger partial charge in [0.05, 0.1) is 44.5 Å². The number of amides is 2. The summed E-state index contributed by atoms with van der Waals surface area (Å²) in [5.74, 6) is 0.695. The Morgan fingerprint density at radius 1 is 1.31 bits per heavy atom. The number of carbonyl (C=O) groups is 2. The second-order valence-corrected chi connectivity index (χ2v) is 7.86. The molecule has 1 saturated heterocycles. The molecule has 1 aliphatic heterocycles. The van der Waals surface area contributed by atoms with Gasteiger partial charge in [0.15, 0.2) is 0 Å². The van der Waals surface area contributed by atoms with Crippen molar-refractivity contribution in [2.45, 2.75) is 44.4 Å². The van der Waals surface area contributed by atoms with Crippen LogP contribution in [0.25, 0.3) is 0 Å². The van der Waals surface area contributed by atoms with E-state index in [0.717, 1.165) is 30.8 Å². The average Bonchev–Trinajstić information content (AvgIpc) is 3.66. The first-order chi connectivity index (χ1) is 15.6. The summed E-state index contributed by atoms with van der Waals surface area (Å²) in [4.78, 5) is 35.6. The zero-order chi connectivity index (χ0) is 22.8. The van der Waals surface area contributed by atoms with E-state index in [4.69, 9.17) is 14.5 Å². The van der Waals surface area contributed by atoms with Gasteiger partial charge >= 0.3 is 6.09 Å². The predicted molar refractivity (Wildman–Crippen MR) is 117 cm³/mol. The van der Waals surface area contributed by atoms with Gasteiger partial charge < -0.3 is 35.1 Å². The van der Waals surface area contributed by atoms with Gasteiger partial charge in [0.1, 0.15) is 11.9 Å². The van der Waals surface area contributed by atoms with Crippen molar-refractivity contribution in [2.24, 2.45) is 0 Å². The Hall–Kier alpha value is -2.50. The lowest BCUT2D eigenvalue weighted by Gasteiger charge is -2.29. The monoisotopic (exact) mass is 450 g/mol. The summed E-state index contributed by atoms with van der Waals surface area (Å²) >= 11 is 0. The van der Waals surface area contributed by atoms with Crippen LogP contribution in [0.2, 0.25) is 0 Å². The minimum Gasteiger partial charge on any atom is -0.453 e. The topological polar surface area (TPSA) is 127 Å². The smallest absolute Gasteiger partial charge is 0.406 e. The van der Waals surface area contributed by atoms with E-state index in [9.17, 15) is 9.59 Å². The molecule has 11 nitrogen and oxygen atoms in total. The normalized spacial score (nSPS) is 18.1. The summed E-state index contributed by atoms with van der Waals surface area (Å²) in [5, 5.41) is 9.14. The van der Waals surface area contributed by atoms with E-state index in [2.05, 4.69) is 25.7 Å². The number of hydrogen-bond acceptors (Lipinski definition) is 9. The second kappa shape index (κ2) is 12.5. The fourth-order valence-electron chi connectivity index (χ4n) is 3.51. The van der Waals surface area contributed by atoms with Crippen LogP contribution < -0.4 is 16.0 Å². The van der Waals surface area contributed by atoms with Gasteiger partial charge in [0.25, 0.3) is 5.91 Å². The van der Waals surface area contributed by atoms with Crippen LogP contribution in [0.5, 0.6) is 0 Å². The maximum Gasteiger partial charge on any atom is 0.406 e. The summed E-state index contributed by atoms with van der Waals surface area (Å²) in [6, 6.07) is 0.238. The van der Waals surface area contributed by atoms with Crippen molar-refractivity contribution < 1.29 is 23.8 Å². The van der Waals surface area contributed by atoms with Crippen molar-refractivity contribution in [3.05, 3.63) is 17.6 Å². The molecule has 1 aromatic heterocycles. The fourth-order valence-corrected chi connectivity index (χ4v) is 3.51. The predicted octanol–water partition coefficient (Wildman–Crippen LogP) is 0.303. The molecule has 2 fully saturated rings. The summed E-state index contributed by atoms with van der Waals surface area (Å²) in [5.41, 5.74) is 1.53. The molecule has 32 heavy (non-hydrogen) atoms. The van der Waals surface area contributed by atoms with E-state index in [0.29, 0.717) is 58.1 Å². The molecular formula is C21H34N6O5. The molecule has 2 aliphatic rings. The van der Waals surface area contributed by atoms with Crippen molar-refractivity contribution in [1.82, 2.24) is 25.5 Å². The van der Waals surface area contributed by atoms with Gasteiger partial charge in [-0.15, -0.1) is 0 Å². The lowest BCUT2D eigenvalue weighted by atomic mass is 10.2. The maximum atomic E-state index is 13.0. The average molecular weight is 451 g/mol. The van der Waals surface area contributed by atoms with Crippen LogP contribution in [0.1, 0.15) is 30.7 Å². The molecule has 2 amide bonds. The third kappa shape index (κ3) is 7.28. The van der Waals surface area contributed by atoms with Gasteiger partial charge in [0, 0.05) is 39.3 Å². The molecule has 3 N–H and O–H groups in total. The third-order valence-electron chi connectivity index (χ3n) is 5.34. The van der Waals surface area contributed by atoms with E-state index < -0.39 is 12.2 Å². The Morgan fingerprint density at radius 3 is 2.84 bits per heavy atom. The Bertz CT molecular complexity index is 754. The molecule has 11 heteroatoms. The molecule has 1 unspecified atom stereocenters. The fraction of sp³-hybridized carbons (Fsp3) is 0.714. The van der Waals surface area contributed by atoms with E-state index in [1.54, 1.807) is 13.3 Å². The van der Waals surface area contributed by atoms with E-state index in [1.165, 1.54) is 7.11 Å². The molecule has 0 spiro atoms. The lowest BCUT2D eigenvalue weighted by molar-refractivity contribution is -0.146. The molecule has 0 aromatic carbocycles. The molecule has 178 valence electrons. The SMILES string of the molecule is COCCNc1ncc(CN(C(=O)C2CNCCO2)C2CC2)nc1CCCNC(=O)OC. The van der Waals surface area contributed by atoms with Gasteiger partial charge in [-0.2, -0.15) is 0 Å². The largest absolute Gasteiger partial charge is 0.453 e. The van der Waals surface area contributed by atoms with Crippen LogP contribution in [0.4, 0.5) is 10.6 Å². The number of aromatic nitrogens is 2. The Balaban J connectivity index is 1.67. The van der Waals surface area contributed by atoms with Crippen LogP contribution in [-0.4, -0.2) is 92.6 Å². The van der Waals surface area contributed by atoms with Crippen LogP contribution in [0.3, 0.4) is 0 Å². The molecular weight excluding hydrogens is 416 g/mol. The standard InChI is InChI=1S/C21H34N6O5/c1-30-10-9-23-19-17(4-3-7-24-21(29)31-2)26-15(12-25-19)14-27(16-5-6-16)20(28)18-13-22-8-11-32-18/h12,16,18,22H,3-11,13-14H2,1-2H3,(H,23,25)(H,24,29). The number of alkyl carbamates (subject to hydrolysis) is 1. The Kier molecular flexibility index (Phi) is 9.44. The highest BCUT2D eigenvalue weighted by atomic mass is 16.5. The van der Waals surface area contributed by atoms with Gasteiger partial charge in [-0.25, -0.2) is 9.78 Å². The van der Waals surface area contributed by atoms with Gasteiger partial charge in [0.2, 0.25) is 0 Å². The molecule has 0 bridgehead atoms. The van der Waals surface area contributed by atoms with E-state index >= 15 is 0 Å². The van der Waals surface area contributed by atoms with Crippen LogP contribution in [0.15, 0.2) is 6.20 Å². The molecule has 1 aromatic rings. The lowest BCUT2D eigenvalue weighted by Crippen LogP contribution is -2.49. The number of methoxy groups -OCH3 is 2. The third-order valence-corrected chi connectivity index (χ3v) is 5.34. The van der Waals surface area contributed by atoms with Crippen LogP contribution >= 0.6 is 0 Å².